The maximum atomic E-state index is 12.0. The molecule has 0 spiro atoms. The van der Waals surface area contributed by atoms with Crippen molar-refractivity contribution in [3.63, 3.8) is 0 Å². The van der Waals surface area contributed by atoms with E-state index >= 15 is 0 Å². The summed E-state index contributed by atoms with van der Waals surface area (Å²) in [5, 5.41) is 4.25. The van der Waals surface area contributed by atoms with Crippen LogP contribution in [0.4, 0.5) is 0 Å². The monoisotopic (exact) mass is 309 g/mol. The molecule has 0 bridgehead atoms. The van der Waals surface area contributed by atoms with Gasteiger partial charge in [-0.25, -0.2) is 14.5 Å². The van der Waals surface area contributed by atoms with Crippen LogP contribution in [0.5, 0.6) is 5.88 Å². The number of esters is 1. The second-order valence-corrected chi connectivity index (χ2v) is 5.59. The van der Waals surface area contributed by atoms with Crippen molar-refractivity contribution in [2.75, 3.05) is 13.2 Å². The topological polar surface area (TPSA) is 74.9 Å². The van der Waals surface area contributed by atoms with E-state index in [0.717, 1.165) is 0 Å². The highest BCUT2D eigenvalue weighted by molar-refractivity contribution is 5.91. The van der Waals surface area contributed by atoms with Gasteiger partial charge in [-0.1, -0.05) is 0 Å². The van der Waals surface area contributed by atoms with Crippen molar-refractivity contribution in [1.29, 1.82) is 0 Å². The molecule has 0 aromatic carbocycles. The van der Waals surface area contributed by atoms with E-state index in [-0.39, 0.29) is 11.6 Å². The lowest BCUT2D eigenvalue weighted by atomic mass is 9.99. The number of aromatic nitrogens is 2. The van der Waals surface area contributed by atoms with Crippen molar-refractivity contribution in [3.05, 3.63) is 11.8 Å². The van der Waals surface area contributed by atoms with Crippen LogP contribution in [0, 0.1) is 0 Å². The van der Waals surface area contributed by atoms with Gasteiger partial charge in [0, 0.05) is 6.92 Å². The van der Waals surface area contributed by atoms with Gasteiger partial charge in [-0.15, -0.1) is 0 Å². The first-order valence-electron chi connectivity index (χ1n) is 7.47. The van der Waals surface area contributed by atoms with Crippen LogP contribution in [0.1, 0.15) is 45.0 Å². The fourth-order valence-electron chi connectivity index (χ4n) is 2.41. The zero-order valence-corrected chi connectivity index (χ0v) is 13.8. The lowest BCUT2D eigenvalue weighted by molar-refractivity contribution is 0.0520. The molecular weight excluding hydrogens is 286 g/mol. The molecular formula is C15H23N3O4. The van der Waals surface area contributed by atoms with Crippen LogP contribution < -0.4 is 4.74 Å². The second-order valence-electron chi connectivity index (χ2n) is 5.59. The van der Waals surface area contributed by atoms with Crippen LogP contribution in [0.15, 0.2) is 11.2 Å². The molecule has 0 aliphatic carbocycles. The molecule has 7 heteroatoms. The van der Waals surface area contributed by atoms with Gasteiger partial charge in [-0.05, 0) is 27.7 Å². The zero-order chi connectivity index (χ0) is 16.3. The molecule has 7 nitrogen and oxygen atoms in total. The molecule has 1 atom stereocenters. The Hall–Kier alpha value is -2.05. The Balaban J connectivity index is 2.23. The highest BCUT2D eigenvalue weighted by atomic mass is 16.5. The number of aliphatic imine (C=N–C) groups is 1. The zero-order valence-electron chi connectivity index (χ0n) is 13.8. The summed E-state index contributed by atoms with van der Waals surface area (Å²) in [5.74, 6) is 0.631. The summed E-state index contributed by atoms with van der Waals surface area (Å²) in [4.78, 5) is 16.4. The maximum absolute atomic E-state index is 12.0. The van der Waals surface area contributed by atoms with Gasteiger partial charge < -0.3 is 14.2 Å². The minimum atomic E-state index is -0.434. The van der Waals surface area contributed by atoms with E-state index < -0.39 is 5.97 Å². The number of carbonyl (C=O) groups is 1. The second kappa shape index (κ2) is 6.37. The largest absolute Gasteiger partial charge is 0.478 e. The average molecular weight is 309 g/mol. The van der Waals surface area contributed by atoms with Gasteiger partial charge in [0.2, 0.25) is 5.88 Å². The van der Waals surface area contributed by atoms with Crippen LogP contribution in [0.3, 0.4) is 0 Å². The Morgan fingerprint density at radius 3 is 2.68 bits per heavy atom. The molecule has 0 amide bonds. The predicted octanol–water partition coefficient (Wildman–Crippen LogP) is 2.05. The molecule has 0 saturated carbocycles. The van der Waals surface area contributed by atoms with E-state index in [0.29, 0.717) is 37.1 Å². The summed E-state index contributed by atoms with van der Waals surface area (Å²) < 4.78 is 18.0. The van der Waals surface area contributed by atoms with Crippen molar-refractivity contribution >= 4 is 11.9 Å². The van der Waals surface area contributed by atoms with Gasteiger partial charge in [0.05, 0.1) is 31.5 Å². The molecule has 0 fully saturated rings. The molecule has 0 N–H and O–H groups in total. The van der Waals surface area contributed by atoms with E-state index in [1.165, 1.54) is 6.20 Å². The summed E-state index contributed by atoms with van der Waals surface area (Å²) in [6, 6.07) is 0. The van der Waals surface area contributed by atoms with Crippen LogP contribution in [-0.4, -0.2) is 46.5 Å². The number of ether oxygens (including phenoxy) is 3. The van der Waals surface area contributed by atoms with E-state index in [4.69, 9.17) is 14.2 Å². The number of hydrogen-bond donors (Lipinski definition) is 0. The van der Waals surface area contributed by atoms with Gasteiger partial charge in [0.15, 0.2) is 5.90 Å². The van der Waals surface area contributed by atoms with Crippen LogP contribution in [-0.2, 0) is 16.0 Å². The summed E-state index contributed by atoms with van der Waals surface area (Å²) in [6.45, 7) is 10.6. The standard InChI is InChI=1S/C15H23N3O4/c1-6-20-13-11(14(19)21-7-2)8-16-18(13)9-12-15(4,5)17-10(3)22-12/h8,12H,6-7,9H2,1-5H3. The van der Waals surface area contributed by atoms with Gasteiger partial charge in [-0.3, -0.25) is 0 Å². The van der Waals surface area contributed by atoms with Gasteiger partial charge in [0.1, 0.15) is 11.7 Å². The van der Waals surface area contributed by atoms with Gasteiger partial charge in [-0.2, -0.15) is 5.10 Å². The minimum absolute atomic E-state index is 0.165. The van der Waals surface area contributed by atoms with Crippen molar-refractivity contribution < 1.29 is 19.0 Å². The highest BCUT2D eigenvalue weighted by Crippen LogP contribution is 2.28. The van der Waals surface area contributed by atoms with E-state index in [1.807, 2.05) is 27.7 Å². The van der Waals surface area contributed by atoms with Gasteiger partial charge >= 0.3 is 5.97 Å². The van der Waals surface area contributed by atoms with E-state index in [9.17, 15) is 4.79 Å². The highest BCUT2D eigenvalue weighted by Gasteiger charge is 2.38. The van der Waals surface area contributed by atoms with Crippen LogP contribution >= 0.6 is 0 Å². The Morgan fingerprint density at radius 1 is 1.41 bits per heavy atom. The molecule has 1 aliphatic rings. The molecule has 1 aliphatic heterocycles. The first-order valence-corrected chi connectivity index (χ1v) is 7.47. The Bertz CT molecular complexity index is 577. The quantitative estimate of drug-likeness (QED) is 0.752. The average Bonchev–Trinajstić information content (AvgIpc) is 2.92. The third kappa shape index (κ3) is 3.23. The molecule has 2 rings (SSSR count). The van der Waals surface area contributed by atoms with E-state index in [2.05, 4.69) is 10.1 Å². The third-order valence-electron chi connectivity index (χ3n) is 3.45. The van der Waals surface area contributed by atoms with Crippen LogP contribution in [0.2, 0.25) is 0 Å². The lowest BCUT2D eigenvalue weighted by Crippen LogP contribution is -2.35. The maximum Gasteiger partial charge on any atom is 0.345 e. The van der Waals surface area contributed by atoms with Crippen molar-refractivity contribution in [3.8, 4) is 5.88 Å². The summed E-state index contributed by atoms with van der Waals surface area (Å²) in [7, 11) is 0. The predicted molar refractivity (Wildman–Crippen MR) is 81.4 cm³/mol. The number of hydrogen-bond acceptors (Lipinski definition) is 6. The molecule has 0 radical (unpaired) electrons. The Morgan fingerprint density at radius 2 is 2.14 bits per heavy atom. The Labute approximate surface area is 130 Å². The minimum Gasteiger partial charge on any atom is -0.478 e. The first kappa shape index (κ1) is 16.3. The molecule has 2 heterocycles. The van der Waals surface area contributed by atoms with Crippen LogP contribution in [0.25, 0.3) is 0 Å². The summed E-state index contributed by atoms with van der Waals surface area (Å²) >= 11 is 0. The molecule has 1 aromatic heterocycles. The number of nitrogens with zero attached hydrogens (tertiary/aromatic N) is 3. The first-order chi connectivity index (χ1) is 10.4. The molecule has 1 unspecified atom stereocenters. The Kier molecular flexibility index (Phi) is 4.73. The smallest absolute Gasteiger partial charge is 0.345 e. The third-order valence-corrected chi connectivity index (χ3v) is 3.45. The SMILES string of the molecule is CCOC(=O)c1cnn(CC2OC(C)=NC2(C)C)c1OCC. The molecule has 122 valence electrons. The normalized spacial score (nSPS) is 19.5. The van der Waals surface area contributed by atoms with Crippen molar-refractivity contribution in [2.24, 2.45) is 4.99 Å². The van der Waals surface area contributed by atoms with E-state index in [1.54, 1.807) is 11.6 Å². The molecule has 22 heavy (non-hydrogen) atoms. The van der Waals surface area contributed by atoms with Gasteiger partial charge in [0.25, 0.3) is 0 Å². The summed E-state index contributed by atoms with van der Waals surface area (Å²) in [6.07, 6.45) is 1.31. The summed E-state index contributed by atoms with van der Waals surface area (Å²) in [5.41, 5.74) is -0.0130. The van der Waals surface area contributed by atoms with Crippen molar-refractivity contribution in [1.82, 2.24) is 9.78 Å². The fourth-order valence-corrected chi connectivity index (χ4v) is 2.41. The number of rotatable bonds is 6. The fraction of sp³-hybridized carbons (Fsp3) is 0.667. The van der Waals surface area contributed by atoms with Crippen molar-refractivity contribution in [2.45, 2.75) is 52.8 Å². The lowest BCUT2D eigenvalue weighted by Gasteiger charge is -2.23. The molecule has 0 saturated heterocycles. The number of carbonyl (C=O) groups excluding carboxylic acids is 1. The molecule has 1 aromatic rings.